The van der Waals surface area contributed by atoms with E-state index in [0.29, 0.717) is 16.6 Å². The molecule has 0 spiro atoms. The number of hydrogen-bond acceptors (Lipinski definition) is 3. The lowest BCUT2D eigenvalue weighted by Gasteiger charge is -2.20. The summed E-state index contributed by atoms with van der Waals surface area (Å²) in [4.78, 5) is 0.0222. The molecule has 0 saturated heterocycles. The van der Waals surface area contributed by atoms with Crippen molar-refractivity contribution in [2.45, 2.75) is 11.3 Å². The van der Waals surface area contributed by atoms with Crippen LogP contribution in [0.5, 0.6) is 0 Å². The third-order valence-electron chi connectivity index (χ3n) is 3.44. The molecule has 21 heavy (non-hydrogen) atoms. The van der Waals surface area contributed by atoms with Gasteiger partial charge in [-0.15, -0.1) is 0 Å². The van der Waals surface area contributed by atoms with Crippen LogP contribution in [0, 0.1) is 5.82 Å². The maximum Gasteiger partial charge on any atom is 0.266 e. The van der Waals surface area contributed by atoms with Crippen LogP contribution >= 0.6 is 15.9 Å². The van der Waals surface area contributed by atoms with Crippen LogP contribution in [0.1, 0.15) is 5.56 Å². The Hall–Kier alpha value is -1.60. The highest BCUT2D eigenvalue weighted by molar-refractivity contribution is 9.10. The van der Waals surface area contributed by atoms with E-state index in [1.807, 2.05) is 0 Å². The summed E-state index contributed by atoms with van der Waals surface area (Å²) in [6.45, 7) is 0.285. The predicted octanol–water partition coefficient (Wildman–Crippen LogP) is 2.92. The molecule has 0 unspecified atom stereocenters. The first kappa shape index (κ1) is 14.3. The summed E-state index contributed by atoms with van der Waals surface area (Å²) in [6.07, 6.45) is 0.558. The van der Waals surface area contributed by atoms with Crippen LogP contribution in [0.2, 0.25) is 0 Å². The molecular formula is C14H12BrFN2O2S. The molecule has 0 aromatic heterocycles. The molecule has 1 aliphatic rings. The molecule has 2 N–H and O–H groups in total. The maximum absolute atomic E-state index is 13.4. The van der Waals surface area contributed by atoms with Gasteiger partial charge in [-0.25, -0.2) is 12.8 Å². The zero-order valence-corrected chi connectivity index (χ0v) is 13.3. The van der Waals surface area contributed by atoms with Crippen molar-refractivity contribution in [1.29, 1.82) is 0 Å². The van der Waals surface area contributed by atoms with Crippen LogP contribution in [0.15, 0.2) is 45.8 Å². The lowest BCUT2D eigenvalue weighted by atomic mass is 10.2. The molecule has 0 fully saturated rings. The van der Waals surface area contributed by atoms with E-state index in [-0.39, 0.29) is 17.1 Å². The van der Waals surface area contributed by atoms with Crippen LogP contribution in [0.25, 0.3) is 0 Å². The van der Waals surface area contributed by atoms with Crippen molar-refractivity contribution >= 4 is 37.3 Å². The Morgan fingerprint density at radius 3 is 2.71 bits per heavy atom. The first-order valence-electron chi connectivity index (χ1n) is 6.26. The molecule has 2 aromatic rings. The van der Waals surface area contributed by atoms with Gasteiger partial charge in [-0.2, -0.15) is 0 Å². The molecule has 0 atom stereocenters. The van der Waals surface area contributed by atoms with Crippen molar-refractivity contribution in [3.63, 3.8) is 0 Å². The highest BCUT2D eigenvalue weighted by Gasteiger charge is 2.32. The molecule has 0 aliphatic carbocycles. The maximum atomic E-state index is 13.4. The van der Waals surface area contributed by atoms with Crippen molar-refractivity contribution in [1.82, 2.24) is 0 Å². The van der Waals surface area contributed by atoms with E-state index in [0.717, 1.165) is 5.56 Å². The first-order chi connectivity index (χ1) is 9.89. The smallest absolute Gasteiger partial charge is 0.266 e. The van der Waals surface area contributed by atoms with Gasteiger partial charge in [0.2, 0.25) is 0 Å². The predicted molar refractivity (Wildman–Crippen MR) is 83.2 cm³/mol. The molecular weight excluding hydrogens is 359 g/mol. The highest BCUT2D eigenvalue weighted by atomic mass is 79.9. The van der Waals surface area contributed by atoms with Gasteiger partial charge in [0.15, 0.2) is 0 Å². The molecule has 3 rings (SSSR count). The minimum atomic E-state index is -3.81. The zero-order chi connectivity index (χ0) is 15.2. The van der Waals surface area contributed by atoms with Gasteiger partial charge in [0.25, 0.3) is 10.0 Å². The summed E-state index contributed by atoms with van der Waals surface area (Å²) in [7, 11) is -3.81. The van der Waals surface area contributed by atoms with Crippen LogP contribution in [0.3, 0.4) is 0 Å². The number of nitrogens with zero attached hydrogens (tertiary/aromatic N) is 1. The molecule has 110 valence electrons. The summed E-state index contributed by atoms with van der Waals surface area (Å²) in [5.74, 6) is -0.460. The Labute approximate surface area is 130 Å². The fourth-order valence-electron chi connectivity index (χ4n) is 2.42. The quantitative estimate of drug-likeness (QED) is 0.826. The molecule has 0 saturated carbocycles. The second-order valence-electron chi connectivity index (χ2n) is 4.78. The number of fused-ring (bicyclic) bond motifs is 1. The minimum absolute atomic E-state index is 0.0222. The number of hydrogen-bond donors (Lipinski definition) is 1. The molecule has 7 heteroatoms. The summed E-state index contributed by atoms with van der Waals surface area (Å²) < 4.78 is 40.8. The van der Waals surface area contributed by atoms with Crippen LogP contribution in [-0.4, -0.2) is 15.0 Å². The van der Waals surface area contributed by atoms with Crippen molar-refractivity contribution < 1.29 is 12.8 Å². The van der Waals surface area contributed by atoms with E-state index in [4.69, 9.17) is 5.73 Å². The third kappa shape index (κ3) is 2.40. The van der Waals surface area contributed by atoms with Gasteiger partial charge < -0.3 is 5.73 Å². The number of sulfonamides is 1. The summed E-state index contributed by atoms with van der Waals surface area (Å²) in [5.41, 5.74) is 7.16. The summed E-state index contributed by atoms with van der Waals surface area (Å²) in [5, 5.41) is 0. The average Bonchev–Trinajstić information content (AvgIpc) is 2.85. The lowest BCUT2D eigenvalue weighted by Crippen LogP contribution is -2.29. The number of nitrogen functional groups attached to an aromatic ring is 1. The largest absolute Gasteiger partial charge is 0.398 e. The van der Waals surface area contributed by atoms with Crippen LogP contribution < -0.4 is 10.0 Å². The van der Waals surface area contributed by atoms with E-state index in [1.54, 1.807) is 12.1 Å². The van der Waals surface area contributed by atoms with Gasteiger partial charge in [0, 0.05) is 11.0 Å². The van der Waals surface area contributed by atoms with Crippen molar-refractivity contribution in [3.05, 3.63) is 52.3 Å². The molecule has 1 heterocycles. The van der Waals surface area contributed by atoms with Crippen molar-refractivity contribution in [3.8, 4) is 0 Å². The minimum Gasteiger partial charge on any atom is -0.398 e. The standard InChI is InChI=1S/C14H12BrFN2O2S/c15-10-2-4-12(17)14(7-10)21(19,20)18-6-5-9-1-3-11(16)8-13(9)18/h1-4,7-8H,5-6,17H2. The van der Waals surface area contributed by atoms with Gasteiger partial charge in [-0.1, -0.05) is 22.0 Å². The van der Waals surface area contributed by atoms with Gasteiger partial charge >= 0.3 is 0 Å². The monoisotopic (exact) mass is 370 g/mol. The van der Waals surface area contributed by atoms with Crippen LogP contribution in [0.4, 0.5) is 15.8 Å². The Kier molecular flexibility index (Phi) is 3.41. The Bertz CT molecular complexity index is 824. The van der Waals surface area contributed by atoms with E-state index >= 15 is 0 Å². The Balaban J connectivity index is 2.13. The molecule has 4 nitrogen and oxygen atoms in total. The second kappa shape index (κ2) is 4.99. The average molecular weight is 371 g/mol. The molecule has 0 amide bonds. The molecule has 0 bridgehead atoms. The highest BCUT2D eigenvalue weighted by Crippen LogP contribution is 2.35. The van der Waals surface area contributed by atoms with E-state index in [9.17, 15) is 12.8 Å². The van der Waals surface area contributed by atoms with E-state index < -0.39 is 15.8 Å². The number of rotatable bonds is 2. The van der Waals surface area contributed by atoms with Gasteiger partial charge in [0.1, 0.15) is 10.7 Å². The number of halogens is 2. The third-order valence-corrected chi connectivity index (χ3v) is 5.81. The Morgan fingerprint density at radius 2 is 1.95 bits per heavy atom. The Morgan fingerprint density at radius 1 is 1.19 bits per heavy atom. The van der Waals surface area contributed by atoms with Crippen LogP contribution in [-0.2, 0) is 16.4 Å². The van der Waals surface area contributed by atoms with Gasteiger partial charge in [-0.3, -0.25) is 4.31 Å². The normalized spacial score (nSPS) is 14.3. The van der Waals surface area contributed by atoms with Crippen molar-refractivity contribution in [2.24, 2.45) is 0 Å². The first-order valence-corrected chi connectivity index (χ1v) is 8.49. The summed E-state index contributed by atoms with van der Waals surface area (Å²) >= 11 is 3.24. The second-order valence-corrected chi connectivity index (χ2v) is 7.53. The number of nitrogens with two attached hydrogens (primary N) is 1. The molecule has 2 aromatic carbocycles. The van der Waals surface area contributed by atoms with Gasteiger partial charge in [0.05, 0.1) is 11.4 Å². The van der Waals surface area contributed by atoms with Crippen molar-refractivity contribution in [2.75, 3.05) is 16.6 Å². The lowest BCUT2D eigenvalue weighted by molar-refractivity contribution is 0.592. The van der Waals surface area contributed by atoms with E-state index in [1.165, 1.54) is 28.6 Å². The molecule has 1 aliphatic heterocycles. The zero-order valence-electron chi connectivity index (χ0n) is 10.9. The molecule has 0 radical (unpaired) electrons. The topological polar surface area (TPSA) is 63.4 Å². The van der Waals surface area contributed by atoms with Gasteiger partial charge in [-0.05, 0) is 42.3 Å². The number of anilines is 2. The SMILES string of the molecule is Nc1ccc(Br)cc1S(=O)(=O)N1CCc2ccc(F)cc21. The summed E-state index contributed by atoms with van der Waals surface area (Å²) in [6, 6.07) is 8.86. The number of benzene rings is 2. The fraction of sp³-hybridized carbons (Fsp3) is 0.143. The fourth-order valence-corrected chi connectivity index (χ4v) is 4.58. The van der Waals surface area contributed by atoms with E-state index in [2.05, 4.69) is 15.9 Å².